The smallest absolute Gasteiger partial charge is 0.263 e. The molecule has 0 radical (unpaired) electrons. The monoisotopic (exact) mass is 411 g/mol. The number of piperazine rings is 1. The Morgan fingerprint density at radius 3 is 2.21 bits per heavy atom. The highest BCUT2D eigenvalue weighted by atomic mass is 32.1. The van der Waals surface area contributed by atoms with E-state index < -0.39 is 0 Å². The van der Waals surface area contributed by atoms with Gasteiger partial charge >= 0.3 is 0 Å². The third-order valence-electron chi connectivity index (χ3n) is 6.40. The molecule has 2 aliphatic rings. The molecule has 29 heavy (non-hydrogen) atoms. The summed E-state index contributed by atoms with van der Waals surface area (Å²) in [7, 11) is 2.20. The highest BCUT2D eigenvalue weighted by Gasteiger charge is 2.24. The summed E-state index contributed by atoms with van der Waals surface area (Å²) in [6, 6.07) is 13.3. The molecule has 156 valence electrons. The molecule has 3 heterocycles. The standard InChI is InChI=1S/C24H33N3OS/c1-19-3-8-23(29-19)24(28)27-11-9-21(10-12-27)17-20-4-6-22(7-5-20)18-26-15-13-25(2)14-16-26/h3-8,21H,9-18H2,1-2H3. The molecule has 4 nitrogen and oxygen atoms in total. The number of amides is 1. The van der Waals surface area contributed by atoms with E-state index in [1.165, 1.54) is 42.2 Å². The number of piperidine rings is 1. The summed E-state index contributed by atoms with van der Waals surface area (Å²) in [5, 5.41) is 0. The van der Waals surface area contributed by atoms with E-state index >= 15 is 0 Å². The first-order valence-electron chi connectivity index (χ1n) is 10.9. The van der Waals surface area contributed by atoms with Crippen LogP contribution in [0.25, 0.3) is 0 Å². The van der Waals surface area contributed by atoms with Crippen molar-refractivity contribution in [1.82, 2.24) is 14.7 Å². The lowest BCUT2D eigenvalue weighted by Gasteiger charge is -2.32. The number of thiophene rings is 1. The SMILES string of the molecule is Cc1ccc(C(=O)N2CCC(Cc3ccc(CN4CCN(C)CC4)cc3)CC2)s1. The highest BCUT2D eigenvalue weighted by molar-refractivity contribution is 7.13. The maximum absolute atomic E-state index is 12.6. The summed E-state index contributed by atoms with van der Waals surface area (Å²) in [4.78, 5) is 21.7. The van der Waals surface area contributed by atoms with Crippen molar-refractivity contribution in [3.05, 3.63) is 57.3 Å². The van der Waals surface area contributed by atoms with Crippen LogP contribution in [0, 0.1) is 12.8 Å². The van der Waals surface area contributed by atoms with E-state index in [9.17, 15) is 4.79 Å². The Labute approximate surface area is 179 Å². The number of carbonyl (C=O) groups excluding carboxylic acids is 1. The van der Waals surface area contributed by atoms with Gasteiger partial charge in [-0.1, -0.05) is 24.3 Å². The van der Waals surface area contributed by atoms with Crippen LogP contribution in [0.1, 0.15) is 38.5 Å². The predicted molar refractivity (Wildman–Crippen MR) is 121 cm³/mol. The number of hydrogen-bond donors (Lipinski definition) is 0. The topological polar surface area (TPSA) is 26.8 Å². The van der Waals surface area contributed by atoms with Crippen molar-refractivity contribution < 1.29 is 4.79 Å². The van der Waals surface area contributed by atoms with Gasteiger partial charge in [0.25, 0.3) is 5.91 Å². The second-order valence-electron chi connectivity index (χ2n) is 8.75. The summed E-state index contributed by atoms with van der Waals surface area (Å²) < 4.78 is 0. The Morgan fingerprint density at radius 1 is 0.931 bits per heavy atom. The first-order valence-corrected chi connectivity index (χ1v) is 11.7. The number of rotatable bonds is 5. The molecule has 0 spiro atoms. The van der Waals surface area contributed by atoms with Crippen molar-refractivity contribution >= 4 is 17.2 Å². The molecule has 2 aliphatic heterocycles. The average Bonchev–Trinajstić information content (AvgIpc) is 3.17. The molecule has 0 bridgehead atoms. The summed E-state index contributed by atoms with van der Waals surface area (Å²) in [6.07, 6.45) is 3.35. The van der Waals surface area contributed by atoms with Crippen LogP contribution >= 0.6 is 11.3 Å². The normalized spacial score (nSPS) is 19.6. The number of carbonyl (C=O) groups is 1. The number of aryl methyl sites for hydroxylation is 1. The zero-order valence-corrected chi connectivity index (χ0v) is 18.6. The molecule has 0 aliphatic carbocycles. The number of nitrogens with zero attached hydrogens (tertiary/aromatic N) is 3. The Kier molecular flexibility index (Phi) is 6.68. The number of likely N-dealkylation sites (N-methyl/N-ethyl adjacent to an activating group) is 1. The minimum absolute atomic E-state index is 0.217. The minimum atomic E-state index is 0.217. The van der Waals surface area contributed by atoms with Gasteiger partial charge in [0.15, 0.2) is 0 Å². The van der Waals surface area contributed by atoms with E-state index in [2.05, 4.69) is 48.0 Å². The number of likely N-dealkylation sites (tertiary alicyclic amines) is 1. The quantitative estimate of drug-likeness (QED) is 0.747. The van der Waals surface area contributed by atoms with Gasteiger partial charge in [0.2, 0.25) is 0 Å². The van der Waals surface area contributed by atoms with Gasteiger partial charge in [-0.05, 0) is 62.4 Å². The van der Waals surface area contributed by atoms with E-state index in [4.69, 9.17) is 0 Å². The van der Waals surface area contributed by atoms with Crippen molar-refractivity contribution in [2.75, 3.05) is 46.3 Å². The molecule has 0 N–H and O–H groups in total. The lowest BCUT2D eigenvalue weighted by molar-refractivity contribution is 0.0695. The predicted octanol–water partition coefficient (Wildman–Crippen LogP) is 3.90. The molecule has 0 saturated carbocycles. The highest BCUT2D eigenvalue weighted by Crippen LogP contribution is 2.25. The van der Waals surface area contributed by atoms with E-state index in [0.717, 1.165) is 43.8 Å². The van der Waals surface area contributed by atoms with Crippen LogP contribution in [0.4, 0.5) is 0 Å². The molecule has 2 fully saturated rings. The molecule has 1 aromatic heterocycles. The summed E-state index contributed by atoms with van der Waals surface area (Å²) in [5.41, 5.74) is 2.86. The van der Waals surface area contributed by atoms with Gasteiger partial charge in [-0.25, -0.2) is 0 Å². The van der Waals surface area contributed by atoms with Gasteiger partial charge in [0.05, 0.1) is 4.88 Å². The van der Waals surface area contributed by atoms with Crippen molar-refractivity contribution in [3.63, 3.8) is 0 Å². The minimum Gasteiger partial charge on any atom is -0.338 e. The van der Waals surface area contributed by atoms with E-state index in [1.54, 1.807) is 11.3 Å². The summed E-state index contributed by atoms with van der Waals surface area (Å²) in [6.45, 7) is 9.59. The van der Waals surface area contributed by atoms with Gasteiger partial charge in [0, 0.05) is 50.7 Å². The fraction of sp³-hybridized carbons (Fsp3) is 0.542. The van der Waals surface area contributed by atoms with Crippen molar-refractivity contribution in [2.45, 2.75) is 32.7 Å². The van der Waals surface area contributed by atoms with Crippen molar-refractivity contribution in [1.29, 1.82) is 0 Å². The molecule has 5 heteroatoms. The second kappa shape index (κ2) is 9.41. The Bertz CT molecular complexity index is 800. The first kappa shape index (κ1) is 20.6. The van der Waals surface area contributed by atoms with Gasteiger partial charge in [-0.2, -0.15) is 0 Å². The van der Waals surface area contributed by atoms with Crippen LogP contribution in [0.15, 0.2) is 36.4 Å². The van der Waals surface area contributed by atoms with Crippen LogP contribution in [0.3, 0.4) is 0 Å². The van der Waals surface area contributed by atoms with E-state index in [1.807, 2.05) is 17.0 Å². The lowest BCUT2D eigenvalue weighted by Crippen LogP contribution is -2.43. The zero-order chi connectivity index (χ0) is 20.2. The largest absolute Gasteiger partial charge is 0.338 e. The van der Waals surface area contributed by atoms with Gasteiger partial charge < -0.3 is 9.80 Å². The lowest BCUT2D eigenvalue weighted by atomic mass is 9.90. The molecule has 2 saturated heterocycles. The summed E-state index contributed by atoms with van der Waals surface area (Å²) in [5.74, 6) is 0.905. The third-order valence-corrected chi connectivity index (χ3v) is 7.39. The average molecular weight is 412 g/mol. The van der Waals surface area contributed by atoms with E-state index in [-0.39, 0.29) is 5.91 Å². The number of hydrogen-bond acceptors (Lipinski definition) is 4. The van der Waals surface area contributed by atoms with Crippen LogP contribution in [0.2, 0.25) is 0 Å². The molecular weight excluding hydrogens is 378 g/mol. The Balaban J connectivity index is 1.23. The Morgan fingerprint density at radius 2 is 1.59 bits per heavy atom. The van der Waals surface area contributed by atoms with Gasteiger partial charge in [-0.15, -0.1) is 11.3 Å². The van der Waals surface area contributed by atoms with Crippen LogP contribution in [-0.4, -0.2) is 66.9 Å². The molecule has 4 rings (SSSR count). The molecule has 1 aromatic carbocycles. The van der Waals surface area contributed by atoms with Crippen molar-refractivity contribution in [3.8, 4) is 0 Å². The molecular formula is C24H33N3OS. The zero-order valence-electron chi connectivity index (χ0n) is 17.8. The molecule has 1 amide bonds. The molecule has 0 atom stereocenters. The Hall–Kier alpha value is -1.69. The number of benzene rings is 1. The van der Waals surface area contributed by atoms with Crippen LogP contribution in [0.5, 0.6) is 0 Å². The molecule has 0 unspecified atom stereocenters. The maximum Gasteiger partial charge on any atom is 0.263 e. The molecule has 2 aromatic rings. The maximum atomic E-state index is 12.6. The van der Waals surface area contributed by atoms with Crippen LogP contribution < -0.4 is 0 Å². The fourth-order valence-electron chi connectivity index (χ4n) is 4.42. The van der Waals surface area contributed by atoms with Gasteiger partial charge in [0.1, 0.15) is 0 Å². The van der Waals surface area contributed by atoms with Crippen molar-refractivity contribution in [2.24, 2.45) is 5.92 Å². The second-order valence-corrected chi connectivity index (χ2v) is 10.0. The van der Waals surface area contributed by atoms with E-state index in [0.29, 0.717) is 5.92 Å². The first-order chi connectivity index (χ1) is 14.1. The third kappa shape index (κ3) is 5.47. The fourth-order valence-corrected chi connectivity index (χ4v) is 5.26. The summed E-state index contributed by atoms with van der Waals surface area (Å²) >= 11 is 1.61. The van der Waals surface area contributed by atoms with Crippen LogP contribution in [-0.2, 0) is 13.0 Å². The van der Waals surface area contributed by atoms with Gasteiger partial charge in [-0.3, -0.25) is 9.69 Å².